The van der Waals surface area contributed by atoms with Gasteiger partial charge in [-0.15, -0.1) is 21.5 Å². The van der Waals surface area contributed by atoms with Crippen molar-refractivity contribution in [2.45, 2.75) is 31.0 Å². The summed E-state index contributed by atoms with van der Waals surface area (Å²) in [5.41, 5.74) is 5.04. The molecular weight excluding hydrogens is 412 g/mol. The minimum Gasteiger partial charge on any atom is -0.447 e. The van der Waals surface area contributed by atoms with Crippen LogP contribution in [0.15, 0.2) is 65.8 Å². The number of nitrogens with zero attached hydrogens (tertiary/aromatic N) is 3. The number of aromatic nitrogens is 3. The average molecular weight is 433 g/mol. The molecule has 1 unspecified atom stereocenters. The quantitative estimate of drug-likeness (QED) is 0.398. The van der Waals surface area contributed by atoms with Crippen LogP contribution in [0.1, 0.15) is 27.1 Å². The first-order chi connectivity index (χ1) is 14.7. The molecular formula is C23H20N4OS2. The van der Waals surface area contributed by atoms with Crippen molar-refractivity contribution < 1.29 is 4.74 Å². The molecule has 5 rings (SSSR count). The van der Waals surface area contributed by atoms with Gasteiger partial charge in [0.05, 0.1) is 4.88 Å². The second-order valence-corrected chi connectivity index (χ2v) is 9.42. The van der Waals surface area contributed by atoms with Crippen molar-refractivity contribution in [3.05, 3.63) is 81.5 Å². The highest BCUT2D eigenvalue weighted by Crippen LogP contribution is 2.40. The first-order valence-corrected chi connectivity index (χ1v) is 11.5. The first kappa shape index (κ1) is 19.1. The van der Waals surface area contributed by atoms with E-state index in [9.17, 15) is 0 Å². The molecule has 1 aliphatic heterocycles. The molecule has 7 heteroatoms. The van der Waals surface area contributed by atoms with Gasteiger partial charge >= 0.3 is 0 Å². The fourth-order valence-corrected chi connectivity index (χ4v) is 4.86. The molecule has 5 nitrogen and oxygen atoms in total. The maximum atomic E-state index is 6.32. The molecule has 0 saturated heterocycles. The van der Waals surface area contributed by atoms with Crippen LogP contribution in [0.5, 0.6) is 5.88 Å². The van der Waals surface area contributed by atoms with Crippen molar-refractivity contribution in [2.24, 2.45) is 0 Å². The lowest BCUT2D eigenvalue weighted by Crippen LogP contribution is -2.15. The molecule has 0 amide bonds. The van der Waals surface area contributed by atoms with E-state index in [0.717, 1.165) is 21.9 Å². The topological polar surface area (TPSA) is 59.9 Å². The number of ether oxygens (including phenoxy) is 1. The van der Waals surface area contributed by atoms with Crippen LogP contribution in [0.4, 0.5) is 5.69 Å². The highest BCUT2D eigenvalue weighted by Gasteiger charge is 2.26. The van der Waals surface area contributed by atoms with Crippen molar-refractivity contribution in [2.75, 3.05) is 5.32 Å². The summed E-state index contributed by atoms with van der Waals surface area (Å²) in [6.07, 6.45) is -0.322. The van der Waals surface area contributed by atoms with Gasteiger partial charge in [-0.3, -0.25) is 0 Å². The maximum Gasteiger partial charge on any atom is 0.247 e. The number of thioether (sulfide) groups is 1. The molecule has 30 heavy (non-hydrogen) atoms. The zero-order chi connectivity index (χ0) is 20.5. The molecule has 4 aromatic rings. The summed E-state index contributed by atoms with van der Waals surface area (Å²) in [4.78, 5) is 7.06. The number of nitrogens with one attached hydrogen (secondary N) is 1. The summed E-state index contributed by atoms with van der Waals surface area (Å²) in [6.45, 7) is 4.18. The lowest BCUT2D eigenvalue weighted by Gasteiger charge is -2.17. The van der Waals surface area contributed by atoms with Crippen molar-refractivity contribution in [1.29, 1.82) is 0 Å². The number of anilines is 1. The molecule has 0 saturated carbocycles. The zero-order valence-electron chi connectivity index (χ0n) is 16.6. The minimum atomic E-state index is -0.322. The van der Waals surface area contributed by atoms with Crippen LogP contribution in [-0.4, -0.2) is 15.2 Å². The van der Waals surface area contributed by atoms with Crippen LogP contribution in [0.25, 0.3) is 11.3 Å². The van der Waals surface area contributed by atoms with Gasteiger partial charge in [0.1, 0.15) is 0 Å². The molecule has 1 N–H and O–H groups in total. The van der Waals surface area contributed by atoms with Gasteiger partial charge in [0.25, 0.3) is 0 Å². The number of hydrogen-bond donors (Lipinski definition) is 1. The Morgan fingerprint density at radius 3 is 2.63 bits per heavy atom. The lowest BCUT2D eigenvalue weighted by atomic mass is 10.1. The first-order valence-electron chi connectivity index (χ1n) is 9.68. The van der Waals surface area contributed by atoms with Crippen molar-refractivity contribution in [1.82, 2.24) is 15.2 Å². The maximum absolute atomic E-state index is 6.32. The third-order valence-electron chi connectivity index (χ3n) is 4.84. The summed E-state index contributed by atoms with van der Waals surface area (Å²) in [7, 11) is 0. The number of rotatable bonds is 4. The van der Waals surface area contributed by atoms with Gasteiger partial charge in [-0.2, -0.15) is 4.98 Å². The second-order valence-electron chi connectivity index (χ2n) is 7.16. The fourth-order valence-electron chi connectivity index (χ4n) is 3.26. The van der Waals surface area contributed by atoms with Crippen LogP contribution < -0.4 is 10.1 Å². The van der Waals surface area contributed by atoms with Crippen LogP contribution >= 0.6 is 23.1 Å². The summed E-state index contributed by atoms with van der Waals surface area (Å²) in [5, 5.41) is 12.9. The predicted molar refractivity (Wildman–Crippen MR) is 122 cm³/mol. The molecule has 150 valence electrons. The van der Waals surface area contributed by atoms with E-state index in [-0.39, 0.29) is 6.23 Å². The van der Waals surface area contributed by atoms with E-state index in [1.165, 1.54) is 16.0 Å². The van der Waals surface area contributed by atoms with E-state index in [0.29, 0.717) is 16.7 Å². The number of para-hydroxylation sites is 1. The van der Waals surface area contributed by atoms with Gasteiger partial charge in [-0.05, 0) is 37.6 Å². The summed E-state index contributed by atoms with van der Waals surface area (Å²) in [6, 6.07) is 20.7. The molecule has 0 spiro atoms. The number of benzene rings is 2. The summed E-state index contributed by atoms with van der Waals surface area (Å²) in [5.74, 6) is 1.29. The predicted octanol–water partition coefficient (Wildman–Crippen LogP) is 6.01. The molecule has 1 aliphatic rings. The SMILES string of the molecule is Cc1ccc(CSc2nnc3c(n2)OC(c2ccc(C)s2)Nc2ccccc2-3)cc1. The smallest absolute Gasteiger partial charge is 0.247 e. The van der Waals surface area contributed by atoms with Crippen molar-refractivity contribution in [3.8, 4) is 17.1 Å². The van der Waals surface area contributed by atoms with Gasteiger partial charge in [0, 0.05) is 21.9 Å². The Hall–Kier alpha value is -2.90. The Labute approximate surface area is 183 Å². The Morgan fingerprint density at radius 1 is 1.00 bits per heavy atom. The van der Waals surface area contributed by atoms with E-state index in [2.05, 4.69) is 65.8 Å². The highest BCUT2D eigenvalue weighted by atomic mass is 32.2. The standard InChI is InChI=1S/C23H20N4OS2/c1-14-7-10-16(11-8-14)13-29-23-25-22-20(26-27-23)17-5-3-4-6-18(17)24-21(28-22)19-12-9-15(2)30-19/h3-12,21,24H,13H2,1-2H3. The van der Waals surface area contributed by atoms with Crippen LogP contribution in [0.2, 0.25) is 0 Å². The zero-order valence-corrected chi connectivity index (χ0v) is 18.3. The monoisotopic (exact) mass is 432 g/mol. The Kier molecular flexibility index (Phi) is 5.14. The number of thiophene rings is 1. The van der Waals surface area contributed by atoms with Crippen LogP contribution in [-0.2, 0) is 5.75 Å². The van der Waals surface area contributed by atoms with E-state index < -0.39 is 0 Å². The van der Waals surface area contributed by atoms with Crippen molar-refractivity contribution >= 4 is 28.8 Å². The summed E-state index contributed by atoms with van der Waals surface area (Å²) >= 11 is 3.27. The fraction of sp³-hybridized carbons (Fsp3) is 0.174. The largest absolute Gasteiger partial charge is 0.447 e. The van der Waals surface area contributed by atoms with E-state index in [1.54, 1.807) is 23.1 Å². The Balaban J connectivity index is 1.47. The normalized spacial score (nSPS) is 14.8. The summed E-state index contributed by atoms with van der Waals surface area (Å²) < 4.78 is 6.32. The molecule has 3 heterocycles. The van der Waals surface area contributed by atoms with Gasteiger partial charge in [0.2, 0.25) is 17.3 Å². The molecule has 0 radical (unpaired) electrons. The molecule has 0 fully saturated rings. The number of hydrogen-bond acceptors (Lipinski definition) is 7. The molecule has 0 bridgehead atoms. The number of aryl methyl sites for hydroxylation is 2. The number of fused-ring (bicyclic) bond motifs is 3. The Bertz CT molecular complexity index is 1190. The van der Waals surface area contributed by atoms with Gasteiger partial charge in [-0.1, -0.05) is 59.8 Å². The third-order valence-corrected chi connectivity index (χ3v) is 6.79. The van der Waals surface area contributed by atoms with Gasteiger partial charge in [-0.25, -0.2) is 0 Å². The second kappa shape index (κ2) is 8.08. The third kappa shape index (κ3) is 3.91. The van der Waals surface area contributed by atoms with Crippen molar-refractivity contribution in [3.63, 3.8) is 0 Å². The van der Waals surface area contributed by atoms with Crippen LogP contribution in [0.3, 0.4) is 0 Å². The van der Waals surface area contributed by atoms with E-state index in [4.69, 9.17) is 9.72 Å². The van der Waals surface area contributed by atoms with Crippen LogP contribution in [0, 0.1) is 13.8 Å². The van der Waals surface area contributed by atoms with Gasteiger partial charge in [0.15, 0.2) is 5.69 Å². The minimum absolute atomic E-state index is 0.322. The molecule has 0 aliphatic carbocycles. The van der Waals surface area contributed by atoms with E-state index in [1.807, 2.05) is 24.3 Å². The van der Waals surface area contributed by atoms with E-state index >= 15 is 0 Å². The van der Waals surface area contributed by atoms with Gasteiger partial charge < -0.3 is 10.1 Å². The highest BCUT2D eigenvalue weighted by molar-refractivity contribution is 7.98. The Morgan fingerprint density at radius 2 is 1.83 bits per heavy atom. The average Bonchev–Trinajstić information content (AvgIpc) is 3.12. The molecule has 1 atom stereocenters. The lowest BCUT2D eigenvalue weighted by molar-refractivity contribution is 0.229. The molecule has 2 aromatic carbocycles. The molecule has 2 aromatic heterocycles.